The Bertz CT molecular complexity index is 765. The van der Waals surface area contributed by atoms with E-state index in [1.807, 2.05) is 36.9 Å². The molecule has 1 aromatic carbocycles. The van der Waals surface area contributed by atoms with Gasteiger partial charge in [0.2, 0.25) is 5.91 Å². The first kappa shape index (κ1) is 19.4. The molecule has 0 radical (unpaired) electrons. The Morgan fingerprint density at radius 1 is 1.15 bits per heavy atom. The van der Waals surface area contributed by atoms with E-state index in [4.69, 9.17) is 0 Å². The number of benzene rings is 1. The molecule has 0 saturated carbocycles. The third-order valence-corrected chi connectivity index (χ3v) is 6.25. The van der Waals surface area contributed by atoms with E-state index in [0.717, 1.165) is 36.0 Å². The van der Waals surface area contributed by atoms with Gasteiger partial charge in [0.15, 0.2) is 0 Å². The van der Waals surface area contributed by atoms with Crippen LogP contribution in [0.1, 0.15) is 54.1 Å². The van der Waals surface area contributed by atoms with Crippen LogP contribution in [0.25, 0.3) is 0 Å². The average Bonchev–Trinajstić information content (AvgIpc) is 2.65. The van der Waals surface area contributed by atoms with E-state index in [1.165, 1.54) is 4.90 Å². The molecule has 2 heterocycles. The van der Waals surface area contributed by atoms with Gasteiger partial charge in [-0.2, -0.15) is 0 Å². The number of nitrogens with zero attached hydrogens (tertiary/aromatic N) is 2. The van der Waals surface area contributed by atoms with Crippen molar-refractivity contribution >= 4 is 17.8 Å². The zero-order chi connectivity index (χ0) is 19.8. The molecule has 1 spiro atoms. The van der Waals surface area contributed by atoms with Crippen LogP contribution in [0.2, 0.25) is 0 Å². The molecule has 6 heteroatoms. The van der Waals surface area contributed by atoms with Crippen molar-refractivity contribution in [2.45, 2.75) is 52.5 Å². The number of carboxylic acid groups (broad SMARTS) is 1. The number of carbonyl (C=O) groups excluding carboxylic acids is 2. The van der Waals surface area contributed by atoms with Gasteiger partial charge in [0.05, 0.1) is 0 Å². The summed E-state index contributed by atoms with van der Waals surface area (Å²) in [5.41, 5.74) is 2.73. The molecule has 2 amide bonds. The van der Waals surface area contributed by atoms with E-state index in [0.29, 0.717) is 26.1 Å². The number of hydrogen-bond donors (Lipinski definition) is 1. The predicted octanol–water partition coefficient (Wildman–Crippen LogP) is 2.62. The molecule has 3 rings (SSSR count). The molecule has 0 unspecified atom stereocenters. The lowest BCUT2D eigenvalue weighted by molar-refractivity contribution is -0.154. The minimum atomic E-state index is -0.970. The molecule has 0 bridgehead atoms. The van der Waals surface area contributed by atoms with Crippen molar-refractivity contribution in [1.82, 2.24) is 9.80 Å². The number of rotatable bonds is 3. The van der Waals surface area contributed by atoms with E-state index < -0.39 is 12.0 Å². The Kier molecular flexibility index (Phi) is 5.27. The van der Waals surface area contributed by atoms with Crippen molar-refractivity contribution in [1.29, 1.82) is 0 Å². The number of amides is 2. The molecule has 1 N–H and O–H groups in total. The Labute approximate surface area is 160 Å². The van der Waals surface area contributed by atoms with Gasteiger partial charge in [0, 0.05) is 31.6 Å². The SMILES string of the molecule is Cc1ccc(C)c(C(=O)N2CCC3(CCC(=O)N([C@@H](C)C(=O)O)C3)CC2)c1. The van der Waals surface area contributed by atoms with Crippen molar-refractivity contribution in [2.24, 2.45) is 5.41 Å². The Balaban J connectivity index is 1.69. The number of aryl methyl sites for hydroxylation is 2. The van der Waals surface area contributed by atoms with Crippen LogP contribution in [0.3, 0.4) is 0 Å². The van der Waals surface area contributed by atoms with Gasteiger partial charge in [-0.15, -0.1) is 0 Å². The van der Waals surface area contributed by atoms with Gasteiger partial charge < -0.3 is 14.9 Å². The molecule has 6 nitrogen and oxygen atoms in total. The van der Waals surface area contributed by atoms with Crippen molar-refractivity contribution < 1.29 is 19.5 Å². The van der Waals surface area contributed by atoms with Crippen LogP contribution in [-0.2, 0) is 9.59 Å². The fraction of sp³-hybridized carbons (Fsp3) is 0.571. The van der Waals surface area contributed by atoms with Crippen LogP contribution in [0, 0.1) is 19.3 Å². The van der Waals surface area contributed by atoms with Crippen LogP contribution >= 0.6 is 0 Å². The summed E-state index contributed by atoms with van der Waals surface area (Å²) in [6, 6.07) is 5.13. The molecule has 2 fully saturated rings. The van der Waals surface area contributed by atoms with Crippen LogP contribution in [0.5, 0.6) is 0 Å². The van der Waals surface area contributed by atoms with Crippen molar-refractivity contribution in [3.8, 4) is 0 Å². The lowest BCUT2D eigenvalue weighted by Gasteiger charge is -2.48. The Morgan fingerprint density at radius 3 is 2.44 bits per heavy atom. The molecule has 0 aliphatic carbocycles. The number of hydrogen-bond acceptors (Lipinski definition) is 3. The standard InChI is InChI=1S/C21H28N2O4/c1-14-4-5-15(2)17(12-14)19(25)22-10-8-21(9-11-22)7-6-18(24)23(13-21)16(3)20(26)27/h4-5,12,16H,6-11,13H2,1-3H3,(H,26,27)/t16-/m0/s1. The van der Waals surface area contributed by atoms with E-state index in [2.05, 4.69) is 0 Å². The Hall–Kier alpha value is -2.37. The maximum atomic E-state index is 12.9. The third-order valence-electron chi connectivity index (χ3n) is 6.25. The summed E-state index contributed by atoms with van der Waals surface area (Å²) in [4.78, 5) is 39.9. The van der Waals surface area contributed by atoms with Gasteiger partial charge in [-0.1, -0.05) is 17.7 Å². The van der Waals surface area contributed by atoms with E-state index in [9.17, 15) is 19.5 Å². The largest absolute Gasteiger partial charge is 0.480 e. The van der Waals surface area contributed by atoms with Crippen LogP contribution in [0.15, 0.2) is 18.2 Å². The van der Waals surface area contributed by atoms with Gasteiger partial charge >= 0.3 is 5.97 Å². The minimum absolute atomic E-state index is 0.0636. The van der Waals surface area contributed by atoms with Crippen molar-refractivity contribution in [3.05, 3.63) is 34.9 Å². The molecular weight excluding hydrogens is 344 g/mol. The van der Waals surface area contributed by atoms with Crippen molar-refractivity contribution in [2.75, 3.05) is 19.6 Å². The minimum Gasteiger partial charge on any atom is -0.480 e. The van der Waals surface area contributed by atoms with Gasteiger partial charge in [-0.3, -0.25) is 9.59 Å². The van der Waals surface area contributed by atoms with Gasteiger partial charge in [-0.25, -0.2) is 4.79 Å². The molecule has 27 heavy (non-hydrogen) atoms. The first-order chi connectivity index (χ1) is 12.7. The predicted molar refractivity (Wildman–Crippen MR) is 102 cm³/mol. The summed E-state index contributed by atoms with van der Waals surface area (Å²) in [7, 11) is 0. The summed E-state index contributed by atoms with van der Waals surface area (Å²) in [5, 5.41) is 9.28. The van der Waals surface area contributed by atoms with Crippen LogP contribution < -0.4 is 0 Å². The third kappa shape index (κ3) is 3.84. The average molecular weight is 372 g/mol. The highest BCUT2D eigenvalue weighted by atomic mass is 16.4. The maximum absolute atomic E-state index is 12.9. The number of carbonyl (C=O) groups is 3. The molecule has 1 aromatic rings. The zero-order valence-corrected chi connectivity index (χ0v) is 16.3. The van der Waals surface area contributed by atoms with E-state index >= 15 is 0 Å². The monoisotopic (exact) mass is 372 g/mol. The number of carboxylic acids is 1. The summed E-state index contributed by atoms with van der Waals surface area (Å²) in [6.07, 6.45) is 2.78. The van der Waals surface area contributed by atoms with Gasteiger partial charge in [0.1, 0.15) is 6.04 Å². The first-order valence-electron chi connectivity index (χ1n) is 9.61. The molecule has 146 valence electrons. The molecule has 0 aromatic heterocycles. The number of piperidine rings is 2. The summed E-state index contributed by atoms with van der Waals surface area (Å²) in [6.45, 7) is 7.28. The summed E-state index contributed by atoms with van der Waals surface area (Å²) >= 11 is 0. The van der Waals surface area contributed by atoms with E-state index in [-0.39, 0.29) is 17.2 Å². The molecule has 1 atom stereocenters. The maximum Gasteiger partial charge on any atom is 0.326 e. The van der Waals surface area contributed by atoms with Crippen molar-refractivity contribution in [3.63, 3.8) is 0 Å². The second kappa shape index (κ2) is 7.33. The van der Waals surface area contributed by atoms with E-state index in [1.54, 1.807) is 6.92 Å². The smallest absolute Gasteiger partial charge is 0.326 e. The van der Waals surface area contributed by atoms with Crippen LogP contribution in [0.4, 0.5) is 0 Å². The molecule has 2 aliphatic heterocycles. The number of aliphatic carboxylic acids is 1. The topological polar surface area (TPSA) is 77.9 Å². The number of likely N-dealkylation sites (tertiary alicyclic amines) is 2. The molecule has 2 saturated heterocycles. The highest BCUT2D eigenvalue weighted by molar-refractivity contribution is 5.96. The highest BCUT2D eigenvalue weighted by Crippen LogP contribution is 2.41. The molecule has 2 aliphatic rings. The second-order valence-corrected chi connectivity index (χ2v) is 8.15. The fourth-order valence-electron chi connectivity index (χ4n) is 4.26. The first-order valence-corrected chi connectivity index (χ1v) is 9.61. The van der Waals surface area contributed by atoms with Crippen LogP contribution in [-0.4, -0.2) is 58.4 Å². The zero-order valence-electron chi connectivity index (χ0n) is 16.3. The highest BCUT2D eigenvalue weighted by Gasteiger charge is 2.44. The van der Waals surface area contributed by atoms with Gasteiger partial charge in [-0.05, 0) is 57.1 Å². The lowest BCUT2D eigenvalue weighted by atomic mass is 9.72. The normalized spacial score (nSPS) is 20.6. The summed E-state index contributed by atoms with van der Waals surface area (Å²) < 4.78 is 0. The summed E-state index contributed by atoms with van der Waals surface area (Å²) in [5.74, 6) is -0.985. The quantitative estimate of drug-likeness (QED) is 0.885. The van der Waals surface area contributed by atoms with Gasteiger partial charge in [0.25, 0.3) is 5.91 Å². The Morgan fingerprint density at radius 2 is 1.81 bits per heavy atom. The second-order valence-electron chi connectivity index (χ2n) is 8.15. The lowest BCUT2D eigenvalue weighted by Crippen LogP contribution is -2.55. The fourth-order valence-corrected chi connectivity index (χ4v) is 4.26. The molecular formula is C21H28N2O4.